The van der Waals surface area contributed by atoms with Crippen molar-refractivity contribution in [1.82, 2.24) is 4.31 Å². The first-order valence-electron chi connectivity index (χ1n) is 7.74. The molecule has 1 saturated heterocycles. The molecular weight excluding hydrogens is 319 g/mol. The summed E-state index contributed by atoms with van der Waals surface area (Å²) in [5.41, 5.74) is 0.979. The van der Waals surface area contributed by atoms with Gasteiger partial charge in [0.15, 0.2) is 0 Å². The molecule has 1 aliphatic rings. The van der Waals surface area contributed by atoms with E-state index >= 15 is 0 Å². The highest BCUT2D eigenvalue weighted by molar-refractivity contribution is 7.89. The molecule has 1 aromatic carbocycles. The maximum absolute atomic E-state index is 13.2. The molecule has 23 heavy (non-hydrogen) atoms. The lowest BCUT2D eigenvalue weighted by Gasteiger charge is -2.18. The number of halogens is 1. The minimum absolute atomic E-state index is 0.0510. The van der Waals surface area contributed by atoms with Crippen molar-refractivity contribution in [3.05, 3.63) is 29.6 Å². The van der Waals surface area contributed by atoms with Crippen LogP contribution in [0.4, 0.5) is 10.1 Å². The molecule has 1 aliphatic heterocycles. The van der Waals surface area contributed by atoms with Crippen molar-refractivity contribution in [2.45, 2.75) is 27.2 Å². The molecule has 2 rings (SSSR count). The quantitative estimate of drug-likeness (QED) is 0.893. The predicted octanol–water partition coefficient (Wildman–Crippen LogP) is 2.38. The Hall–Kier alpha value is -1.47. The van der Waals surface area contributed by atoms with Crippen LogP contribution in [-0.2, 0) is 14.8 Å². The van der Waals surface area contributed by atoms with Gasteiger partial charge in [-0.25, -0.2) is 17.1 Å². The topological polar surface area (TPSA) is 66.5 Å². The van der Waals surface area contributed by atoms with Crippen molar-refractivity contribution < 1.29 is 17.6 Å². The molecule has 7 heteroatoms. The van der Waals surface area contributed by atoms with Gasteiger partial charge in [0.2, 0.25) is 15.9 Å². The third-order valence-corrected chi connectivity index (χ3v) is 6.09. The Kier molecular flexibility index (Phi) is 5.41. The molecule has 0 radical (unpaired) electrons. The number of rotatable bonds is 5. The SMILES string of the molecule is Cc1cc(NC(=O)[C@H]2CCN(S(=O)(=O)CC(C)C)C2)ccc1F. The van der Waals surface area contributed by atoms with Gasteiger partial charge in [-0.2, -0.15) is 0 Å². The van der Waals surface area contributed by atoms with Gasteiger partial charge in [-0.15, -0.1) is 0 Å². The molecule has 0 bridgehead atoms. The Morgan fingerprint density at radius 3 is 2.74 bits per heavy atom. The highest BCUT2D eigenvalue weighted by atomic mass is 32.2. The normalized spacial score (nSPS) is 19.3. The Labute approximate surface area is 136 Å². The Balaban J connectivity index is 1.98. The van der Waals surface area contributed by atoms with Crippen LogP contribution in [0.3, 0.4) is 0 Å². The van der Waals surface area contributed by atoms with Crippen molar-refractivity contribution in [2.24, 2.45) is 11.8 Å². The maximum atomic E-state index is 13.2. The number of anilines is 1. The average Bonchev–Trinajstić information content (AvgIpc) is 2.92. The molecular formula is C16H23FN2O3S. The Morgan fingerprint density at radius 1 is 1.43 bits per heavy atom. The fraction of sp³-hybridized carbons (Fsp3) is 0.562. The monoisotopic (exact) mass is 342 g/mol. The largest absolute Gasteiger partial charge is 0.326 e. The predicted molar refractivity (Wildman–Crippen MR) is 88.1 cm³/mol. The van der Waals surface area contributed by atoms with Gasteiger partial charge < -0.3 is 5.32 Å². The fourth-order valence-electron chi connectivity index (χ4n) is 2.69. The van der Waals surface area contributed by atoms with Crippen molar-refractivity contribution in [2.75, 3.05) is 24.2 Å². The van der Waals surface area contributed by atoms with E-state index in [0.29, 0.717) is 24.2 Å². The summed E-state index contributed by atoms with van der Waals surface area (Å²) in [4.78, 5) is 12.3. The van der Waals surface area contributed by atoms with Crippen molar-refractivity contribution in [3.63, 3.8) is 0 Å². The highest BCUT2D eigenvalue weighted by Crippen LogP contribution is 2.23. The van der Waals surface area contributed by atoms with Gasteiger partial charge >= 0.3 is 0 Å². The minimum Gasteiger partial charge on any atom is -0.326 e. The number of aryl methyl sites for hydroxylation is 1. The molecule has 1 heterocycles. The van der Waals surface area contributed by atoms with Gasteiger partial charge in [0, 0.05) is 18.8 Å². The molecule has 0 saturated carbocycles. The highest BCUT2D eigenvalue weighted by Gasteiger charge is 2.35. The van der Waals surface area contributed by atoms with E-state index in [9.17, 15) is 17.6 Å². The second-order valence-electron chi connectivity index (χ2n) is 6.47. The second kappa shape index (κ2) is 6.97. The number of carbonyl (C=O) groups is 1. The van der Waals surface area contributed by atoms with Gasteiger partial charge in [-0.3, -0.25) is 4.79 Å². The lowest BCUT2D eigenvalue weighted by atomic mass is 10.1. The lowest BCUT2D eigenvalue weighted by Crippen LogP contribution is -2.34. The summed E-state index contributed by atoms with van der Waals surface area (Å²) < 4.78 is 39.0. The fourth-order valence-corrected chi connectivity index (χ4v) is 4.53. The van der Waals surface area contributed by atoms with E-state index in [1.807, 2.05) is 13.8 Å². The minimum atomic E-state index is -3.31. The van der Waals surface area contributed by atoms with E-state index in [-0.39, 0.29) is 35.9 Å². The van der Waals surface area contributed by atoms with Crippen LogP contribution < -0.4 is 5.32 Å². The molecule has 0 spiro atoms. The van der Waals surface area contributed by atoms with Crippen LogP contribution in [0.15, 0.2) is 18.2 Å². The van der Waals surface area contributed by atoms with E-state index in [4.69, 9.17) is 0 Å². The molecule has 5 nitrogen and oxygen atoms in total. The summed E-state index contributed by atoms with van der Waals surface area (Å²) in [7, 11) is -3.31. The number of nitrogens with zero attached hydrogens (tertiary/aromatic N) is 1. The number of carbonyl (C=O) groups excluding carboxylic acids is 1. The van der Waals surface area contributed by atoms with Crippen LogP contribution in [-0.4, -0.2) is 37.5 Å². The van der Waals surface area contributed by atoms with Crippen molar-refractivity contribution >= 4 is 21.6 Å². The molecule has 0 aliphatic carbocycles. The van der Waals surface area contributed by atoms with Gasteiger partial charge in [0.05, 0.1) is 11.7 Å². The molecule has 0 aromatic heterocycles. The lowest BCUT2D eigenvalue weighted by molar-refractivity contribution is -0.119. The molecule has 0 unspecified atom stereocenters. The van der Waals surface area contributed by atoms with Crippen LogP contribution in [0, 0.1) is 24.6 Å². The van der Waals surface area contributed by atoms with E-state index in [1.165, 1.54) is 16.4 Å². The van der Waals surface area contributed by atoms with Gasteiger partial charge in [-0.1, -0.05) is 13.8 Å². The van der Waals surface area contributed by atoms with Crippen molar-refractivity contribution in [1.29, 1.82) is 0 Å². The summed E-state index contributed by atoms with van der Waals surface area (Å²) in [6.45, 7) is 5.92. The molecule has 1 amide bonds. The molecule has 1 N–H and O–H groups in total. The van der Waals surface area contributed by atoms with Crippen molar-refractivity contribution in [3.8, 4) is 0 Å². The molecule has 1 aromatic rings. The number of amides is 1. The summed E-state index contributed by atoms with van der Waals surface area (Å²) in [5.74, 6) is -0.774. The number of hydrogen-bond donors (Lipinski definition) is 1. The smallest absolute Gasteiger partial charge is 0.228 e. The zero-order valence-corrected chi connectivity index (χ0v) is 14.5. The molecule has 1 atom stereocenters. The van der Waals surface area contributed by atoms with Gasteiger partial charge in [0.25, 0.3) is 0 Å². The molecule has 128 valence electrons. The summed E-state index contributed by atoms with van der Waals surface area (Å²) >= 11 is 0. The first kappa shape index (κ1) is 17.9. The van der Waals surface area contributed by atoms with E-state index in [1.54, 1.807) is 13.0 Å². The van der Waals surface area contributed by atoms with E-state index in [2.05, 4.69) is 5.32 Å². The van der Waals surface area contributed by atoms with E-state index in [0.717, 1.165) is 0 Å². The second-order valence-corrected chi connectivity index (χ2v) is 8.48. The summed E-state index contributed by atoms with van der Waals surface area (Å²) in [6, 6.07) is 4.37. The Morgan fingerprint density at radius 2 is 2.13 bits per heavy atom. The third kappa shape index (κ3) is 4.51. The molecule has 1 fully saturated rings. The van der Waals surface area contributed by atoms with Crippen LogP contribution in [0.25, 0.3) is 0 Å². The van der Waals surface area contributed by atoms with Gasteiger partial charge in [-0.05, 0) is 43.0 Å². The van der Waals surface area contributed by atoms with Crippen LogP contribution in [0.5, 0.6) is 0 Å². The first-order chi connectivity index (χ1) is 10.7. The number of nitrogens with one attached hydrogen (secondary N) is 1. The Bertz CT molecular complexity index is 689. The number of benzene rings is 1. The van der Waals surface area contributed by atoms with E-state index < -0.39 is 10.0 Å². The first-order valence-corrected chi connectivity index (χ1v) is 9.35. The third-order valence-electron chi connectivity index (χ3n) is 3.88. The zero-order chi connectivity index (χ0) is 17.2. The summed E-state index contributed by atoms with van der Waals surface area (Å²) in [6.07, 6.45) is 0.503. The zero-order valence-electron chi connectivity index (χ0n) is 13.7. The van der Waals surface area contributed by atoms with Crippen LogP contribution >= 0.6 is 0 Å². The maximum Gasteiger partial charge on any atom is 0.228 e. The average molecular weight is 342 g/mol. The summed E-state index contributed by atoms with van der Waals surface area (Å²) in [5, 5.41) is 2.74. The van der Waals surface area contributed by atoms with Crippen LogP contribution in [0.2, 0.25) is 0 Å². The van der Waals surface area contributed by atoms with Gasteiger partial charge in [0.1, 0.15) is 5.82 Å². The number of hydrogen-bond acceptors (Lipinski definition) is 3. The number of sulfonamides is 1. The van der Waals surface area contributed by atoms with Crippen LogP contribution in [0.1, 0.15) is 25.8 Å². The standard InChI is InChI=1S/C16H23FN2O3S/c1-11(2)10-23(21,22)19-7-6-13(9-19)16(20)18-14-4-5-15(17)12(3)8-14/h4-5,8,11,13H,6-7,9-10H2,1-3H3,(H,18,20)/t13-/m0/s1.